The molecule has 0 radical (unpaired) electrons. The lowest BCUT2D eigenvalue weighted by Gasteiger charge is -2.37. The lowest BCUT2D eigenvalue weighted by Crippen LogP contribution is -2.57. The van der Waals surface area contributed by atoms with Crippen LogP contribution in [-0.2, 0) is 19.7 Å². The number of hydrogen-bond donors (Lipinski definition) is 1. The van der Waals surface area contributed by atoms with Crippen molar-refractivity contribution in [3.8, 4) is 0 Å². The number of carbonyl (C=O) groups excluding carboxylic acids is 1. The van der Waals surface area contributed by atoms with Crippen LogP contribution in [-0.4, -0.2) is 91.8 Å². The molecule has 1 amide bonds. The van der Waals surface area contributed by atoms with E-state index in [-0.39, 0.29) is 32.7 Å². The number of hydrogen-bond acceptors (Lipinski definition) is 6. The number of aliphatic carboxylic acids is 1. The van der Waals surface area contributed by atoms with Crippen molar-refractivity contribution >= 4 is 21.9 Å². The van der Waals surface area contributed by atoms with Gasteiger partial charge in [-0.3, -0.25) is 19.3 Å². The highest BCUT2D eigenvalue weighted by Gasteiger charge is 2.34. The van der Waals surface area contributed by atoms with E-state index in [1.54, 1.807) is 17.0 Å². The fourth-order valence-corrected chi connectivity index (χ4v) is 4.38. The lowest BCUT2D eigenvalue weighted by atomic mass is 10.1. The molecular weight excluding hydrogens is 398 g/mol. The first-order valence-electron chi connectivity index (χ1n) is 9.58. The molecule has 10 heteroatoms. The maximum absolute atomic E-state index is 12.8. The summed E-state index contributed by atoms with van der Waals surface area (Å²) in [6.45, 7) is 0.810. The Kier molecular flexibility index (Phi) is 6.57. The number of sulfonamides is 1. The van der Waals surface area contributed by atoms with E-state index in [0.717, 1.165) is 11.3 Å². The quantitative estimate of drug-likeness (QED) is 0.608. The van der Waals surface area contributed by atoms with Crippen molar-refractivity contribution < 1.29 is 28.0 Å². The zero-order valence-electron chi connectivity index (χ0n) is 16.7. The Balaban J connectivity index is 1.66. The molecule has 29 heavy (non-hydrogen) atoms. The first-order valence-corrected chi connectivity index (χ1v) is 11.4. The van der Waals surface area contributed by atoms with Gasteiger partial charge in [0.2, 0.25) is 10.0 Å². The van der Waals surface area contributed by atoms with Crippen LogP contribution in [0.3, 0.4) is 0 Å². The zero-order chi connectivity index (χ0) is 21.2. The minimum Gasteiger partial charge on any atom is -0.480 e. The van der Waals surface area contributed by atoms with E-state index in [9.17, 15) is 23.1 Å². The van der Waals surface area contributed by atoms with Gasteiger partial charge < -0.3 is 5.11 Å². The number of amides is 1. The van der Waals surface area contributed by atoms with E-state index in [4.69, 9.17) is 4.84 Å². The summed E-state index contributed by atoms with van der Waals surface area (Å²) in [6.07, 6.45) is 3.48. The largest absolute Gasteiger partial charge is 0.480 e. The Labute approximate surface area is 170 Å². The number of rotatable bonds is 8. The number of carboxylic acid groups (broad SMARTS) is 1. The third-order valence-electron chi connectivity index (χ3n) is 5.46. The van der Waals surface area contributed by atoms with E-state index < -0.39 is 27.9 Å². The second-order valence-corrected chi connectivity index (χ2v) is 9.48. The molecule has 1 N–H and O–H groups in total. The highest BCUT2D eigenvalue weighted by molar-refractivity contribution is 7.88. The number of hydroxylamine groups is 2. The Morgan fingerprint density at radius 2 is 1.76 bits per heavy atom. The molecule has 1 aromatic carbocycles. The highest BCUT2D eigenvalue weighted by Crippen LogP contribution is 2.39. The van der Waals surface area contributed by atoms with Crippen molar-refractivity contribution in [1.82, 2.24) is 14.3 Å². The number of nitrogens with zero attached hydrogens (tertiary/aromatic N) is 3. The van der Waals surface area contributed by atoms with Crippen LogP contribution in [0.15, 0.2) is 24.3 Å². The van der Waals surface area contributed by atoms with Gasteiger partial charge in [0.05, 0.1) is 19.9 Å². The smallest absolute Gasteiger partial charge is 0.322 e. The van der Waals surface area contributed by atoms with Crippen LogP contribution in [0, 0.1) is 0 Å². The van der Waals surface area contributed by atoms with Gasteiger partial charge in [-0.2, -0.15) is 4.31 Å². The minimum atomic E-state index is -3.31. The van der Waals surface area contributed by atoms with Crippen LogP contribution in [0.1, 0.15) is 34.7 Å². The van der Waals surface area contributed by atoms with Crippen molar-refractivity contribution in [2.24, 2.45) is 0 Å². The van der Waals surface area contributed by atoms with Gasteiger partial charge in [0, 0.05) is 31.7 Å². The molecule has 3 rings (SSSR count). The Morgan fingerprint density at radius 1 is 1.17 bits per heavy atom. The molecule has 1 atom stereocenters. The summed E-state index contributed by atoms with van der Waals surface area (Å²) in [5, 5.41) is 10.7. The van der Waals surface area contributed by atoms with Crippen molar-refractivity contribution in [2.75, 3.05) is 46.1 Å². The molecule has 1 heterocycles. The molecule has 1 aliphatic carbocycles. The number of carbonyl (C=O) groups is 2. The monoisotopic (exact) mass is 425 g/mol. The predicted molar refractivity (Wildman–Crippen MR) is 106 cm³/mol. The van der Waals surface area contributed by atoms with Crippen molar-refractivity contribution in [3.63, 3.8) is 0 Å². The zero-order valence-corrected chi connectivity index (χ0v) is 17.5. The molecule has 1 saturated carbocycles. The molecule has 0 bridgehead atoms. The molecule has 0 unspecified atom stereocenters. The summed E-state index contributed by atoms with van der Waals surface area (Å²) in [7, 11) is -1.98. The van der Waals surface area contributed by atoms with E-state index in [0.29, 0.717) is 11.5 Å². The average molecular weight is 426 g/mol. The third-order valence-corrected chi connectivity index (χ3v) is 6.76. The molecule has 1 aromatic rings. The summed E-state index contributed by atoms with van der Waals surface area (Å²) < 4.78 is 24.6. The van der Waals surface area contributed by atoms with Crippen LogP contribution in [0.25, 0.3) is 0 Å². The first kappa shape index (κ1) is 21.7. The third kappa shape index (κ3) is 5.33. The molecule has 0 spiro atoms. The van der Waals surface area contributed by atoms with Gasteiger partial charge in [-0.1, -0.05) is 12.1 Å². The standard InChI is InChI=1S/C19H27N3O6S/c1-28-22(18(23)16-7-5-15(6-8-16)14-3-4-14)13-17(19(24)25)20-9-11-21(12-10-20)29(2,26)27/h5-8,14,17H,3-4,9-13H2,1-2H3,(H,24,25)/t17-/m0/s1. The highest BCUT2D eigenvalue weighted by atomic mass is 32.2. The normalized spacial score (nSPS) is 19.7. The lowest BCUT2D eigenvalue weighted by molar-refractivity contribution is -0.152. The average Bonchev–Trinajstić information content (AvgIpc) is 3.53. The summed E-state index contributed by atoms with van der Waals surface area (Å²) in [5.74, 6) is -0.910. The molecular formula is C19H27N3O6S. The van der Waals surface area contributed by atoms with Gasteiger partial charge >= 0.3 is 5.97 Å². The van der Waals surface area contributed by atoms with Gasteiger partial charge in [-0.25, -0.2) is 13.5 Å². The predicted octanol–water partition coefficient (Wildman–Crippen LogP) is 0.598. The van der Waals surface area contributed by atoms with Gasteiger partial charge in [0.25, 0.3) is 5.91 Å². The molecule has 9 nitrogen and oxygen atoms in total. The van der Waals surface area contributed by atoms with Crippen molar-refractivity contribution in [2.45, 2.75) is 24.8 Å². The molecule has 1 saturated heterocycles. The van der Waals surface area contributed by atoms with Crippen LogP contribution in [0.4, 0.5) is 0 Å². The second-order valence-electron chi connectivity index (χ2n) is 7.50. The van der Waals surface area contributed by atoms with Gasteiger partial charge in [0.15, 0.2) is 0 Å². The molecule has 2 fully saturated rings. The van der Waals surface area contributed by atoms with Crippen LogP contribution < -0.4 is 0 Å². The van der Waals surface area contributed by atoms with Crippen molar-refractivity contribution in [1.29, 1.82) is 0 Å². The maximum Gasteiger partial charge on any atom is 0.322 e. The number of carboxylic acids is 1. The summed E-state index contributed by atoms with van der Waals surface area (Å²) in [6, 6.07) is 6.34. The Morgan fingerprint density at radius 3 is 2.21 bits per heavy atom. The molecule has 0 aromatic heterocycles. The van der Waals surface area contributed by atoms with Gasteiger partial charge in [-0.05, 0) is 36.5 Å². The summed E-state index contributed by atoms with van der Waals surface area (Å²) in [5.41, 5.74) is 1.64. The molecule has 2 aliphatic rings. The Hall–Kier alpha value is -2.01. The topological polar surface area (TPSA) is 107 Å². The van der Waals surface area contributed by atoms with E-state index >= 15 is 0 Å². The number of piperazine rings is 1. The van der Waals surface area contributed by atoms with Gasteiger partial charge in [-0.15, -0.1) is 0 Å². The fraction of sp³-hybridized carbons (Fsp3) is 0.579. The molecule has 1 aliphatic heterocycles. The molecule has 160 valence electrons. The van der Waals surface area contributed by atoms with E-state index in [1.807, 2.05) is 12.1 Å². The van der Waals surface area contributed by atoms with Crippen LogP contribution >= 0.6 is 0 Å². The van der Waals surface area contributed by atoms with Crippen molar-refractivity contribution in [3.05, 3.63) is 35.4 Å². The first-order chi connectivity index (χ1) is 13.7. The van der Waals surface area contributed by atoms with E-state index in [1.165, 1.54) is 29.8 Å². The number of benzene rings is 1. The SMILES string of the molecule is CON(C[C@@H](C(=O)O)N1CCN(S(C)(=O)=O)CC1)C(=O)c1ccc(C2CC2)cc1. The fourth-order valence-electron chi connectivity index (χ4n) is 3.55. The van der Waals surface area contributed by atoms with Crippen LogP contribution in [0.2, 0.25) is 0 Å². The van der Waals surface area contributed by atoms with Gasteiger partial charge in [0.1, 0.15) is 6.04 Å². The minimum absolute atomic E-state index is 0.159. The maximum atomic E-state index is 12.8. The second kappa shape index (κ2) is 8.78. The summed E-state index contributed by atoms with van der Waals surface area (Å²) >= 11 is 0. The summed E-state index contributed by atoms with van der Waals surface area (Å²) in [4.78, 5) is 31.5. The Bertz CT molecular complexity index is 845. The van der Waals surface area contributed by atoms with Crippen LogP contribution in [0.5, 0.6) is 0 Å². The van der Waals surface area contributed by atoms with E-state index in [2.05, 4.69) is 0 Å².